The summed E-state index contributed by atoms with van der Waals surface area (Å²) >= 11 is 0. The molecule has 3 heteroatoms. The van der Waals surface area contributed by atoms with Crippen molar-refractivity contribution in [2.45, 2.75) is 31.9 Å². The van der Waals surface area contributed by atoms with Gasteiger partial charge in [-0.2, -0.15) is 0 Å². The third-order valence-corrected chi connectivity index (χ3v) is 1.63. The highest BCUT2D eigenvalue weighted by atomic mass is 16.3. The lowest BCUT2D eigenvalue weighted by Gasteiger charge is -2.24. The van der Waals surface area contributed by atoms with Crippen molar-refractivity contribution in [1.82, 2.24) is 5.32 Å². The van der Waals surface area contributed by atoms with Gasteiger partial charge in [0.1, 0.15) is 0 Å². The van der Waals surface area contributed by atoms with E-state index in [4.69, 9.17) is 5.11 Å². The van der Waals surface area contributed by atoms with Gasteiger partial charge in [0.2, 0.25) is 5.91 Å². The molecule has 2 N–H and O–H groups in total. The molecule has 3 nitrogen and oxygen atoms in total. The molecule has 0 bridgehead atoms. The summed E-state index contributed by atoms with van der Waals surface area (Å²) in [7, 11) is 0. The van der Waals surface area contributed by atoms with Crippen LogP contribution in [0.5, 0.6) is 0 Å². The average Bonchev–Trinajstić information content (AvgIpc) is 1.80. The first-order chi connectivity index (χ1) is 4.20. The molecule has 1 aliphatic rings. The van der Waals surface area contributed by atoms with Crippen LogP contribution in [-0.4, -0.2) is 23.2 Å². The molecule has 52 valence electrons. The first kappa shape index (κ1) is 6.55. The van der Waals surface area contributed by atoms with Crippen LogP contribution in [0.15, 0.2) is 0 Å². The lowest BCUT2D eigenvalue weighted by molar-refractivity contribution is -0.125. The second kappa shape index (κ2) is 2.35. The van der Waals surface area contributed by atoms with Crippen LogP contribution in [0.1, 0.15) is 19.8 Å². The number of aliphatic hydroxyl groups is 1. The molecule has 1 fully saturated rings. The number of hydrogen-bond donors (Lipinski definition) is 2. The Labute approximate surface area is 54.1 Å². The standard InChI is InChI=1S/C6H11NO2/c1-4-5(8)2-3-6(9)7-4/h4-5,8H,2-3H2,1H3,(H,7,9)/t4-,5+/m0/s1. The van der Waals surface area contributed by atoms with Gasteiger partial charge in [-0.1, -0.05) is 0 Å². The summed E-state index contributed by atoms with van der Waals surface area (Å²) in [4.78, 5) is 10.6. The minimum Gasteiger partial charge on any atom is -0.391 e. The number of nitrogens with one attached hydrogen (secondary N) is 1. The van der Waals surface area contributed by atoms with Crippen LogP contribution in [0.2, 0.25) is 0 Å². The first-order valence-corrected chi connectivity index (χ1v) is 3.17. The molecule has 0 spiro atoms. The van der Waals surface area contributed by atoms with Crippen molar-refractivity contribution in [1.29, 1.82) is 0 Å². The number of aliphatic hydroxyl groups excluding tert-OH is 1. The summed E-state index contributed by atoms with van der Waals surface area (Å²) in [5.41, 5.74) is 0. The van der Waals surface area contributed by atoms with Gasteiger partial charge in [-0.3, -0.25) is 4.79 Å². The normalized spacial score (nSPS) is 36.0. The molecular formula is C6H11NO2. The highest BCUT2D eigenvalue weighted by Crippen LogP contribution is 2.07. The largest absolute Gasteiger partial charge is 0.391 e. The monoisotopic (exact) mass is 129 g/mol. The van der Waals surface area contributed by atoms with E-state index in [0.717, 1.165) is 0 Å². The predicted octanol–water partition coefficient (Wildman–Crippen LogP) is -0.354. The molecule has 9 heavy (non-hydrogen) atoms. The zero-order valence-corrected chi connectivity index (χ0v) is 5.42. The number of amides is 1. The van der Waals surface area contributed by atoms with E-state index in [-0.39, 0.29) is 18.1 Å². The predicted molar refractivity (Wildman–Crippen MR) is 32.8 cm³/mol. The van der Waals surface area contributed by atoms with Gasteiger partial charge < -0.3 is 10.4 Å². The molecular weight excluding hydrogens is 118 g/mol. The average molecular weight is 129 g/mol. The van der Waals surface area contributed by atoms with Gasteiger partial charge in [0.05, 0.1) is 12.1 Å². The highest BCUT2D eigenvalue weighted by Gasteiger charge is 2.22. The van der Waals surface area contributed by atoms with E-state index in [1.807, 2.05) is 6.92 Å². The molecule has 0 aromatic carbocycles. The number of rotatable bonds is 0. The SMILES string of the molecule is C[C@@H]1NC(=O)CC[C@H]1O. The van der Waals surface area contributed by atoms with Crippen LogP contribution in [0.3, 0.4) is 0 Å². The zero-order valence-electron chi connectivity index (χ0n) is 5.42. The van der Waals surface area contributed by atoms with Crippen molar-refractivity contribution in [3.05, 3.63) is 0 Å². The van der Waals surface area contributed by atoms with Gasteiger partial charge in [-0.25, -0.2) is 0 Å². The van der Waals surface area contributed by atoms with Gasteiger partial charge in [-0.05, 0) is 13.3 Å². The Balaban J connectivity index is 2.44. The van der Waals surface area contributed by atoms with Crippen LogP contribution < -0.4 is 5.32 Å². The summed E-state index contributed by atoms with van der Waals surface area (Å²) in [6, 6.07) is -0.0637. The maximum absolute atomic E-state index is 10.6. The minimum atomic E-state index is -0.345. The molecule has 0 aromatic heterocycles. The molecule has 1 rings (SSSR count). The lowest BCUT2D eigenvalue weighted by atomic mass is 10.0. The molecule has 1 saturated heterocycles. The van der Waals surface area contributed by atoms with Crippen molar-refractivity contribution >= 4 is 5.91 Å². The van der Waals surface area contributed by atoms with Crippen molar-refractivity contribution in [3.63, 3.8) is 0 Å². The molecule has 0 saturated carbocycles. The van der Waals surface area contributed by atoms with Crippen LogP contribution in [-0.2, 0) is 4.79 Å². The quantitative estimate of drug-likeness (QED) is 0.469. The van der Waals surface area contributed by atoms with Gasteiger partial charge in [0.15, 0.2) is 0 Å². The maximum Gasteiger partial charge on any atom is 0.220 e. The van der Waals surface area contributed by atoms with Crippen molar-refractivity contribution in [3.8, 4) is 0 Å². The fourth-order valence-corrected chi connectivity index (χ4v) is 0.951. The highest BCUT2D eigenvalue weighted by molar-refractivity contribution is 5.77. The number of piperidine rings is 1. The third-order valence-electron chi connectivity index (χ3n) is 1.63. The summed E-state index contributed by atoms with van der Waals surface area (Å²) < 4.78 is 0. The van der Waals surface area contributed by atoms with Gasteiger partial charge in [0.25, 0.3) is 0 Å². The van der Waals surface area contributed by atoms with E-state index in [1.54, 1.807) is 0 Å². The Kier molecular flexibility index (Phi) is 1.71. The van der Waals surface area contributed by atoms with Crippen molar-refractivity contribution in [2.75, 3.05) is 0 Å². The number of carbonyl (C=O) groups is 1. The second-order valence-electron chi connectivity index (χ2n) is 2.46. The van der Waals surface area contributed by atoms with Crippen molar-refractivity contribution in [2.24, 2.45) is 0 Å². The fourth-order valence-electron chi connectivity index (χ4n) is 0.951. The summed E-state index contributed by atoms with van der Waals surface area (Å²) in [6.07, 6.45) is 0.723. The Morgan fingerprint density at radius 1 is 1.78 bits per heavy atom. The van der Waals surface area contributed by atoms with E-state index >= 15 is 0 Å². The minimum absolute atomic E-state index is 0.0489. The molecule has 2 atom stereocenters. The van der Waals surface area contributed by atoms with E-state index in [1.165, 1.54) is 0 Å². The molecule has 0 aromatic rings. The van der Waals surface area contributed by atoms with E-state index in [9.17, 15) is 4.79 Å². The Morgan fingerprint density at radius 3 is 2.89 bits per heavy atom. The Hall–Kier alpha value is -0.570. The Morgan fingerprint density at radius 2 is 2.44 bits per heavy atom. The summed E-state index contributed by atoms with van der Waals surface area (Å²) in [5.74, 6) is 0.0489. The fraction of sp³-hybridized carbons (Fsp3) is 0.833. The summed E-state index contributed by atoms with van der Waals surface area (Å²) in [6.45, 7) is 1.81. The molecule has 1 aliphatic heterocycles. The second-order valence-corrected chi connectivity index (χ2v) is 2.46. The third kappa shape index (κ3) is 1.42. The van der Waals surface area contributed by atoms with Crippen LogP contribution in [0.25, 0.3) is 0 Å². The van der Waals surface area contributed by atoms with Crippen LogP contribution >= 0.6 is 0 Å². The molecule has 0 radical (unpaired) electrons. The first-order valence-electron chi connectivity index (χ1n) is 3.17. The van der Waals surface area contributed by atoms with Crippen LogP contribution in [0, 0.1) is 0 Å². The van der Waals surface area contributed by atoms with Gasteiger partial charge >= 0.3 is 0 Å². The van der Waals surface area contributed by atoms with Gasteiger partial charge in [0, 0.05) is 6.42 Å². The topological polar surface area (TPSA) is 49.3 Å². The zero-order chi connectivity index (χ0) is 6.85. The van der Waals surface area contributed by atoms with E-state index < -0.39 is 0 Å². The van der Waals surface area contributed by atoms with Gasteiger partial charge in [-0.15, -0.1) is 0 Å². The summed E-state index contributed by atoms with van der Waals surface area (Å²) in [5, 5.41) is 11.7. The molecule has 1 heterocycles. The van der Waals surface area contributed by atoms with Crippen molar-refractivity contribution < 1.29 is 9.90 Å². The van der Waals surface area contributed by atoms with E-state index in [2.05, 4.69) is 5.32 Å². The lowest BCUT2D eigenvalue weighted by Crippen LogP contribution is -2.45. The van der Waals surface area contributed by atoms with E-state index in [0.29, 0.717) is 12.8 Å². The maximum atomic E-state index is 10.6. The number of hydrogen-bond acceptors (Lipinski definition) is 2. The molecule has 1 amide bonds. The number of carbonyl (C=O) groups excluding carboxylic acids is 1. The Bertz CT molecular complexity index is 124. The van der Waals surface area contributed by atoms with Crippen LogP contribution in [0.4, 0.5) is 0 Å². The molecule has 0 aliphatic carbocycles. The molecule has 0 unspecified atom stereocenters. The smallest absolute Gasteiger partial charge is 0.220 e.